The number of rotatable bonds is 4. The summed E-state index contributed by atoms with van der Waals surface area (Å²) in [6.45, 7) is 0.167. The van der Waals surface area contributed by atoms with Crippen LogP contribution in [0.25, 0.3) is 0 Å². The lowest BCUT2D eigenvalue weighted by Gasteiger charge is -2.01. The van der Waals surface area contributed by atoms with Gasteiger partial charge >= 0.3 is 0 Å². The van der Waals surface area contributed by atoms with E-state index in [0.717, 1.165) is 0 Å². The molecule has 5 heteroatoms. The molecule has 0 N–H and O–H groups in total. The first-order chi connectivity index (χ1) is 6.25. The van der Waals surface area contributed by atoms with Crippen molar-refractivity contribution >= 4 is 17.3 Å². The summed E-state index contributed by atoms with van der Waals surface area (Å²) in [4.78, 5) is 10.1. The summed E-state index contributed by atoms with van der Waals surface area (Å²) in [6, 6.07) is 6.45. The number of hydrogen-bond donors (Lipinski definition) is 0. The van der Waals surface area contributed by atoms with Crippen LogP contribution < -0.4 is 0 Å². The van der Waals surface area contributed by atoms with E-state index in [0.29, 0.717) is 5.56 Å². The molecular weight excluding hydrogens is 194 g/mol. The molecule has 0 aliphatic rings. The van der Waals surface area contributed by atoms with Gasteiger partial charge in [0.1, 0.15) is 6.07 Å². The number of nitrogens with zero attached hydrogens (tertiary/aromatic N) is 1. The molecule has 1 aromatic rings. The SMILES string of the molecule is O=[N+]([O-])c1ccccc1COCCl. The van der Waals surface area contributed by atoms with E-state index >= 15 is 0 Å². The Morgan fingerprint density at radius 2 is 2.15 bits per heavy atom. The van der Waals surface area contributed by atoms with E-state index in [-0.39, 0.29) is 18.4 Å². The monoisotopic (exact) mass is 201 g/mol. The Hall–Kier alpha value is -1.13. The van der Waals surface area contributed by atoms with Crippen LogP contribution in [0.5, 0.6) is 0 Å². The van der Waals surface area contributed by atoms with Crippen molar-refractivity contribution in [2.75, 3.05) is 6.07 Å². The summed E-state index contributed by atoms with van der Waals surface area (Å²) < 4.78 is 4.87. The van der Waals surface area contributed by atoms with Gasteiger partial charge in [0.15, 0.2) is 0 Å². The number of halogens is 1. The number of para-hydroxylation sites is 1. The van der Waals surface area contributed by atoms with Crippen molar-refractivity contribution in [2.24, 2.45) is 0 Å². The molecule has 0 aliphatic carbocycles. The van der Waals surface area contributed by atoms with Crippen LogP contribution in [0.2, 0.25) is 0 Å². The molecule has 0 aliphatic heterocycles. The highest BCUT2D eigenvalue weighted by atomic mass is 35.5. The van der Waals surface area contributed by atoms with Crippen LogP contribution in [0.1, 0.15) is 5.56 Å². The van der Waals surface area contributed by atoms with Crippen LogP contribution in [0.4, 0.5) is 5.69 Å². The first-order valence-electron chi connectivity index (χ1n) is 3.61. The molecule has 0 fully saturated rings. The Bertz CT molecular complexity index is 303. The fourth-order valence-electron chi connectivity index (χ4n) is 0.960. The highest BCUT2D eigenvalue weighted by molar-refractivity contribution is 6.17. The van der Waals surface area contributed by atoms with Crippen LogP contribution in [0.15, 0.2) is 24.3 Å². The van der Waals surface area contributed by atoms with Crippen LogP contribution in [-0.2, 0) is 11.3 Å². The normalized spacial score (nSPS) is 9.92. The van der Waals surface area contributed by atoms with Crippen LogP contribution in [0, 0.1) is 10.1 Å². The molecule has 1 rings (SSSR count). The lowest BCUT2D eigenvalue weighted by Crippen LogP contribution is -1.97. The topological polar surface area (TPSA) is 52.4 Å². The van der Waals surface area contributed by atoms with E-state index in [1.165, 1.54) is 6.07 Å². The second kappa shape index (κ2) is 4.79. The smallest absolute Gasteiger partial charge is 0.274 e. The fourth-order valence-corrected chi connectivity index (χ4v) is 1.04. The molecule has 0 saturated carbocycles. The Morgan fingerprint density at radius 1 is 1.46 bits per heavy atom. The van der Waals surface area contributed by atoms with Crippen LogP contribution in [0.3, 0.4) is 0 Å². The second-order valence-corrected chi connectivity index (χ2v) is 2.56. The molecule has 0 amide bonds. The number of nitro benzene ring substituents is 1. The molecule has 4 nitrogen and oxygen atoms in total. The molecule has 0 aromatic heterocycles. The second-order valence-electron chi connectivity index (χ2n) is 2.34. The standard InChI is InChI=1S/C8H8ClNO3/c9-6-13-5-7-3-1-2-4-8(7)10(11)12/h1-4H,5-6H2. The molecule has 0 bridgehead atoms. The zero-order valence-electron chi connectivity index (χ0n) is 6.77. The Morgan fingerprint density at radius 3 is 2.77 bits per heavy atom. The van der Waals surface area contributed by atoms with Gasteiger partial charge in [0.2, 0.25) is 0 Å². The Labute approximate surface area is 80.2 Å². The van der Waals surface area contributed by atoms with E-state index in [1.807, 2.05) is 0 Å². The van der Waals surface area contributed by atoms with Gasteiger partial charge in [0.05, 0.1) is 17.1 Å². The maximum atomic E-state index is 10.5. The zero-order chi connectivity index (χ0) is 9.68. The number of nitro groups is 1. The number of benzene rings is 1. The highest BCUT2D eigenvalue weighted by Gasteiger charge is 2.11. The van der Waals surface area contributed by atoms with E-state index < -0.39 is 4.92 Å². The summed E-state index contributed by atoms with van der Waals surface area (Å²) in [6.07, 6.45) is 0. The Balaban J connectivity index is 2.84. The van der Waals surface area contributed by atoms with E-state index in [2.05, 4.69) is 0 Å². The molecule has 0 spiro atoms. The van der Waals surface area contributed by atoms with Gasteiger partial charge in [0.25, 0.3) is 5.69 Å². The minimum atomic E-state index is -0.438. The lowest BCUT2D eigenvalue weighted by molar-refractivity contribution is -0.385. The maximum absolute atomic E-state index is 10.5. The van der Waals surface area contributed by atoms with Gasteiger partial charge in [0, 0.05) is 6.07 Å². The number of ether oxygens (including phenoxy) is 1. The van der Waals surface area contributed by atoms with Crippen molar-refractivity contribution in [1.82, 2.24) is 0 Å². The molecule has 13 heavy (non-hydrogen) atoms. The van der Waals surface area contributed by atoms with Crippen molar-refractivity contribution in [1.29, 1.82) is 0 Å². The average Bonchev–Trinajstić information content (AvgIpc) is 2.15. The molecule has 1 aromatic carbocycles. The molecule has 0 unspecified atom stereocenters. The van der Waals surface area contributed by atoms with Crippen molar-refractivity contribution < 1.29 is 9.66 Å². The molecule has 0 atom stereocenters. The van der Waals surface area contributed by atoms with Crippen LogP contribution >= 0.6 is 11.6 Å². The minimum absolute atomic E-state index is 0.0338. The minimum Gasteiger partial charge on any atom is -0.361 e. The van der Waals surface area contributed by atoms with E-state index in [1.54, 1.807) is 18.2 Å². The third kappa shape index (κ3) is 2.68. The van der Waals surface area contributed by atoms with Gasteiger partial charge < -0.3 is 4.74 Å². The predicted octanol–water partition coefficient (Wildman–Crippen LogP) is 2.31. The van der Waals surface area contributed by atoms with Crippen molar-refractivity contribution in [3.05, 3.63) is 39.9 Å². The Kier molecular flexibility index (Phi) is 3.67. The summed E-state index contributed by atoms with van der Waals surface area (Å²) in [7, 11) is 0. The fraction of sp³-hybridized carbons (Fsp3) is 0.250. The van der Waals surface area contributed by atoms with Crippen molar-refractivity contribution in [3.8, 4) is 0 Å². The highest BCUT2D eigenvalue weighted by Crippen LogP contribution is 2.18. The van der Waals surface area contributed by atoms with Crippen molar-refractivity contribution in [2.45, 2.75) is 6.61 Å². The molecule has 0 radical (unpaired) electrons. The summed E-state index contributed by atoms with van der Waals surface area (Å²) >= 11 is 5.29. The number of hydrogen-bond acceptors (Lipinski definition) is 3. The quantitative estimate of drug-likeness (QED) is 0.427. The van der Waals surface area contributed by atoms with Gasteiger partial charge in [-0.25, -0.2) is 0 Å². The maximum Gasteiger partial charge on any atom is 0.274 e. The van der Waals surface area contributed by atoms with Crippen molar-refractivity contribution in [3.63, 3.8) is 0 Å². The van der Waals surface area contributed by atoms with E-state index in [4.69, 9.17) is 16.3 Å². The van der Waals surface area contributed by atoms with Gasteiger partial charge in [-0.1, -0.05) is 23.7 Å². The van der Waals surface area contributed by atoms with E-state index in [9.17, 15) is 10.1 Å². The van der Waals surface area contributed by atoms with Gasteiger partial charge in [-0.3, -0.25) is 10.1 Å². The number of alkyl halides is 1. The van der Waals surface area contributed by atoms with Gasteiger partial charge in [-0.15, -0.1) is 0 Å². The molecule has 0 saturated heterocycles. The first-order valence-corrected chi connectivity index (χ1v) is 4.15. The molecule has 0 heterocycles. The lowest BCUT2D eigenvalue weighted by atomic mass is 10.2. The third-order valence-corrected chi connectivity index (χ3v) is 1.68. The van der Waals surface area contributed by atoms with Gasteiger partial charge in [-0.2, -0.15) is 0 Å². The van der Waals surface area contributed by atoms with Crippen LogP contribution in [-0.4, -0.2) is 11.0 Å². The van der Waals surface area contributed by atoms with Gasteiger partial charge in [-0.05, 0) is 6.07 Å². The zero-order valence-corrected chi connectivity index (χ0v) is 7.53. The predicted molar refractivity (Wildman–Crippen MR) is 48.6 cm³/mol. The third-order valence-electron chi connectivity index (χ3n) is 1.52. The summed E-state index contributed by atoms with van der Waals surface area (Å²) in [5, 5.41) is 10.5. The largest absolute Gasteiger partial charge is 0.361 e. The summed E-state index contributed by atoms with van der Waals surface area (Å²) in [5.41, 5.74) is 0.598. The summed E-state index contributed by atoms with van der Waals surface area (Å²) in [5.74, 6) is 0. The molecule has 70 valence electrons. The molecular formula is C8H8ClNO3. The first kappa shape index (κ1) is 9.95. The average molecular weight is 202 g/mol.